The van der Waals surface area contributed by atoms with Crippen molar-refractivity contribution in [3.05, 3.63) is 46.1 Å². The fourth-order valence-electron chi connectivity index (χ4n) is 3.05. The van der Waals surface area contributed by atoms with Crippen molar-refractivity contribution in [2.75, 3.05) is 57.7 Å². The Morgan fingerprint density at radius 2 is 1.81 bits per heavy atom. The smallest absolute Gasteiger partial charge is 0.410 e. The van der Waals surface area contributed by atoms with Crippen LogP contribution in [0.3, 0.4) is 0 Å². The normalized spacial score (nSPS) is 11.2. The summed E-state index contributed by atoms with van der Waals surface area (Å²) in [5.74, 6) is -0.000190. The van der Waals surface area contributed by atoms with E-state index in [-0.39, 0.29) is 44.4 Å². The van der Waals surface area contributed by atoms with Gasteiger partial charge in [0.15, 0.2) is 0 Å². The summed E-state index contributed by atoms with van der Waals surface area (Å²) in [6.45, 7) is 6.87. The van der Waals surface area contributed by atoms with Crippen molar-refractivity contribution in [1.82, 2.24) is 9.88 Å². The van der Waals surface area contributed by atoms with Gasteiger partial charge in [0.2, 0.25) is 0 Å². The zero-order valence-corrected chi connectivity index (χ0v) is 23.2. The van der Waals surface area contributed by atoms with Crippen LogP contribution in [0.5, 0.6) is 5.75 Å². The van der Waals surface area contributed by atoms with Crippen molar-refractivity contribution in [3.8, 4) is 5.75 Å². The van der Waals surface area contributed by atoms with Gasteiger partial charge in [-0.2, -0.15) is 0 Å². The van der Waals surface area contributed by atoms with Gasteiger partial charge in [-0.05, 0) is 48.8 Å². The van der Waals surface area contributed by atoms with E-state index in [4.69, 9.17) is 29.8 Å². The van der Waals surface area contributed by atoms with E-state index in [0.29, 0.717) is 34.7 Å². The van der Waals surface area contributed by atoms with E-state index >= 15 is 0 Å². The number of aliphatic hydroxyl groups is 1. The maximum absolute atomic E-state index is 13.0. The fraction of sp³-hybridized carbons (Fsp3) is 0.480. The molecule has 0 atom stereocenters. The van der Waals surface area contributed by atoms with Crippen LogP contribution >= 0.6 is 15.9 Å². The molecule has 0 unspecified atom stereocenters. The topological polar surface area (TPSA) is 145 Å². The number of anilines is 2. The molecule has 204 valence electrons. The van der Waals surface area contributed by atoms with Gasteiger partial charge in [-0.1, -0.05) is 12.1 Å². The number of ether oxygens (including phenoxy) is 4. The molecule has 4 N–H and O–H groups in total. The number of benzene rings is 1. The van der Waals surface area contributed by atoms with E-state index in [1.807, 2.05) is 0 Å². The molecule has 11 nitrogen and oxygen atoms in total. The van der Waals surface area contributed by atoms with Gasteiger partial charge in [0.1, 0.15) is 23.8 Å². The number of aromatic nitrogens is 1. The lowest BCUT2D eigenvalue weighted by atomic mass is 10.1. The van der Waals surface area contributed by atoms with Crippen LogP contribution < -0.4 is 15.8 Å². The Morgan fingerprint density at radius 1 is 1.14 bits per heavy atom. The van der Waals surface area contributed by atoms with E-state index in [2.05, 4.69) is 26.2 Å². The van der Waals surface area contributed by atoms with Crippen molar-refractivity contribution in [2.45, 2.75) is 32.9 Å². The molecule has 0 spiro atoms. The molecule has 2 aromatic rings. The summed E-state index contributed by atoms with van der Waals surface area (Å²) in [6.07, 6.45) is 1.01. The third-order valence-electron chi connectivity index (χ3n) is 4.67. The van der Waals surface area contributed by atoms with Crippen molar-refractivity contribution in [3.63, 3.8) is 0 Å². The molecule has 0 bridgehead atoms. The summed E-state index contributed by atoms with van der Waals surface area (Å²) >= 11 is 3.30. The van der Waals surface area contributed by atoms with Crippen LogP contribution in [0.2, 0.25) is 0 Å². The Morgan fingerprint density at radius 3 is 2.49 bits per heavy atom. The van der Waals surface area contributed by atoms with Gasteiger partial charge in [0.25, 0.3) is 5.91 Å². The highest BCUT2D eigenvalue weighted by atomic mass is 79.9. The van der Waals surface area contributed by atoms with Crippen molar-refractivity contribution >= 4 is 39.4 Å². The lowest BCUT2D eigenvalue weighted by molar-refractivity contribution is 0.0241. The van der Waals surface area contributed by atoms with Crippen molar-refractivity contribution in [2.24, 2.45) is 0 Å². The Hall–Kier alpha value is -2.93. The number of rotatable bonds is 13. The van der Waals surface area contributed by atoms with Gasteiger partial charge in [-0.25, -0.2) is 9.78 Å². The number of nitrogens with zero attached hydrogens (tertiary/aromatic N) is 2. The molecule has 0 saturated heterocycles. The molecule has 0 fully saturated rings. The van der Waals surface area contributed by atoms with E-state index in [9.17, 15) is 9.59 Å². The Kier molecular flexibility index (Phi) is 12.1. The van der Waals surface area contributed by atoms with Crippen LogP contribution in [0, 0.1) is 0 Å². The molecular formula is C25H35BrN4O7. The third kappa shape index (κ3) is 10.5. The molecule has 2 amide bonds. The van der Waals surface area contributed by atoms with E-state index in [0.717, 1.165) is 0 Å². The predicted octanol–water partition coefficient (Wildman–Crippen LogP) is 3.45. The summed E-state index contributed by atoms with van der Waals surface area (Å²) < 4.78 is 22.7. The lowest BCUT2D eigenvalue weighted by Gasteiger charge is -2.25. The van der Waals surface area contributed by atoms with Gasteiger partial charge in [-0.15, -0.1) is 0 Å². The fourth-order valence-corrected chi connectivity index (χ4v) is 3.38. The average molecular weight is 583 g/mol. The first-order valence-electron chi connectivity index (χ1n) is 11.7. The first-order valence-corrected chi connectivity index (χ1v) is 12.5. The second-order valence-electron chi connectivity index (χ2n) is 8.97. The summed E-state index contributed by atoms with van der Waals surface area (Å²) in [4.78, 5) is 30.9. The Bertz CT molecular complexity index is 1050. The number of carbonyl (C=O) groups is 2. The van der Waals surface area contributed by atoms with Crippen LogP contribution in [0.15, 0.2) is 34.9 Å². The first-order chi connectivity index (χ1) is 17.5. The zero-order chi connectivity index (χ0) is 27.4. The molecule has 1 heterocycles. The molecule has 1 aromatic heterocycles. The molecule has 0 aliphatic carbocycles. The first kappa shape index (κ1) is 30.3. The molecule has 0 aliphatic heterocycles. The minimum atomic E-state index is -0.642. The summed E-state index contributed by atoms with van der Waals surface area (Å²) in [6, 6.07) is 6.81. The van der Waals surface area contributed by atoms with E-state index in [1.165, 1.54) is 11.1 Å². The van der Waals surface area contributed by atoms with Crippen LogP contribution in [-0.2, 0) is 20.8 Å². The molecule has 37 heavy (non-hydrogen) atoms. The lowest BCUT2D eigenvalue weighted by Crippen LogP contribution is -2.34. The number of aliphatic hydroxyl groups excluding tert-OH is 1. The maximum atomic E-state index is 13.0. The highest BCUT2D eigenvalue weighted by Gasteiger charge is 2.22. The number of nitrogens with one attached hydrogen (secondary N) is 1. The van der Waals surface area contributed by atoms with Crippen LogP contribution in [0.4, 0.5) is 16.3 Å². The van der Waals surface area contributed by atoms with Gasteiger partial charge >= 0.3 is 6.09 Å². The number of nitrogen functional groups attached to an aromatic ring is 1. The number of amides is 2. The summed E-state index contributed by atoms with van der Waals surface area (Å²) in [7, 11) is 1.62. The third-order valence-corrected chi connectivity index (χ3v) is 5.10. The minimum Gasteiger partial charge on any atom is -0.489 e. The largest absolute Gasteiger partial charge is 0.489 e. The molecule has 0 aliphatic rings. The van der Waals surface area contributed by atoms with Crippen molar-refractivity contribution in [1.29, 1.82) is 0 Å². The van der Waals surface area contributed by atoms with Gasteiger partial charge in [-0.3, -0.25) is 4.79 Å². The maximum Gasteiger partial charge on any atom is 0.410 e. The number of hydrogen-bond donors (Lipinski definition) is 3. The molecule has 12 heteroatoms. The molecule has 0 saturated carbocycles. The second kappa shape index (κ2) is 14.7. The number of hydrogen-bond acceptors (Lipinski definition) is 9. The quantitative estimate of drug-likeness (QED) is 0.302. The van der Waals surface area contributed by atoms with Crippen LogP contribution in [0.25, 0.3) is 0 Å². The second-order valence-corrected chi connectivity index (χ2v) is 9.88. The SMILES string of the molecule is CN(Cc1cccc(NC(=O)c2cc(Br)cnc2N)c1OCCOCCOCCO)C(=O)OC(C)(C)C. The van der Waals surface area contributed by atoms with E-state index < -0.39 is 17.6 Å². The summed E-state index contributed by atoms with van der Waals surface area (Å²) in [5, 5.41) is 11.6. The minimum absolute atomic E-state index is 0.0478. The van der Waals surface area contributed by atoms with E-state index in [1.54, 1.807) is 52.1 Å². The number of pyridine rings is 1. The summed E-state index contributed by atoms with van der Waals surface area (Å²) in [5.41, 5.74) is 6.50. The zero-order valence-electron chi connectivity index (χ0n) is 21.6. The standard InChI is InChI=1S/C25H35BrN4O7/c1-25(2,3)37-24(33)30(4)16-17-6-5-7-20(21(17)36-13-12-35-11-10-34-9-8-31)29-23(32)19-14-18(26)15-28-22(19)27/h5-7,14-15,31H,8-13,16H2,1-4H3,(H2,27,28)(H,29,32). The Balaban J connectivity index is 2.19. The Labute approximate surface area is 225 Å². The number of para-hydroxylation sites is 1. The number of carbonyl (C=O) groups excluding carboxylic acids is 2. The van der Waals surface area contributed by atoms with Crippen molar-refractivity contribution < 1.29 is 33.6 Å². The van der Waals surface area contributed by atoms with Crippen LogP contribution in [0.1, 0.15) is 36.7 Å². The molecule has 0 radical (unpaired) electrons. The predicted molar refractivity (Wildman–Crippen MR) is 143 cm³/mol. The molecular weight excluding hydrogens is 548 g/mol. The molecule has 2 rings (SSSR count). The highest BCUT2D eigenvalue weighted by Crippen LogP contribution is 2.31. The van der Waals surface area contributed by atoms with Gasteiger partial charge < -0.3 is 40.0 Å². The van der Waals surface area contributed by atoms with Gasteiger partial charge in [0, 0.05) is 23.3 Å². The van der Waals surface area contributed by atoms with Gasteiger partial charge in [0.05, 0.1) is 50.8 Å². The van der Waals surface area contributed by atoms with Crippen LogP contribution in [-0.4, -0.2) is 79.3 Å². The monoisotopic (exact) mass is 582 g/mol. The highest BCUT2D eigenvalue weighted by molar-refractivity contribution is 9.10. The average Bonchev–Trinajstić information content (AvgIpc) is 2.82. The number of halogens is 1. The molecule has 1 aromatic carbocycles. The number of nitrogens with two attached hydrogens (primary N) is 1.